The van der Waals surface area contributed by atoms with E-state index in [-0.39, 0.29) is 0 Å². The maximum Gasteiger partial charge on any atom is 0.0314 e. The van der Waals surface area contributed by atoms with Gasteiger partial charge in [-0.25, -0.2) is 0 Å². The fraction of sp³-hybridized carbons (Fsp3) is 0.385. The van der Waals surface area contributed by atoms with Gasteiger partial charge in [0.15, 0.2) is 0 Å². The number of nitrogens with two attached hydrogens (primary N) is 2. The lowest BCUT2D eigenvalue weighted by Crippen LogP contribution is -1.99. The highest BCUT2D eigenvalue weighted by Gasteiger charge is 2.08. The van der Waals surface area contributed by atoms with Crippen LogP contribution in [0, 0.1) is 27.7 Å². The van der Waals surface area contributed by atoms with Crippen LogP contribution in [0.15, 0.2) is 72.8 Å². The van der Waals surface area contributed by atoms with Gasteiger partial charge in [-0.15, -0.1) is 0 Å². The molecule has 0 aliphatic carbocycles. The lowest BCUT2D eigenvalue weighted by atomic mass is 9.92. The summed E-state index contributed by atoms with van der Waals surface area (Å²) in [5.74, 6) is 0. The van der Waals surface area contributed by atoms with E-state index in [4.69, 9.17) is 11.5 Å². The molecule has 2 nitrogen and oxygen atoms in total. The van der Waals surface area contributed by atoms with E-state index in [9.17, 15) is 0 Å². The normalized spacial score (nSPS) is 11.2. The number of anilines is 2. The molecule has 0 atom stereocenters. The zero-order valence-electron chi connectivity index (χ0n) is 25.9. The Morgan fingerprint density at radius 3 is 1.00 bits per heavy atom. The molecule has 0 bridgehead atoms. The molecule has 0 unspecified atom stereocenters. The second kappa shape index (κ2) is 14.9. The van der Waals surface area contributed by atoms with Crippen molar-refractivity contribution in [3.05, 3.63) is 128 Å². The van der Waals surface area contributed by atoms with Crippen LogP contribution in [0.1, 0.15) is 101 Å². The van der Waals surface area contributed by atoms with Gasteiger partial charge < -0.3 is 11.5 Å². The minimum absolute atomic E-state index is 0.828. The van der Waals surface area contributed by atoms with Crippen LogP contribution in [0.25, 0.3) is 0 Å². The summed E-state index contributed by atoms with van der Waals surface area (Å²) in [6.45, 7) is 9.13. The van der Waals surface area contributed by atoms with Crippen LogP contribution in [0.2, 0.25) is 0 Å². The maximum absolute atomic E-state index is 5.84. The molecule has 4 N–H and O–H groups in total. The van der Waals surface area contributed by atoms with E-state index >= 15 is 0 Å². The molecular weight excluding hydrogens is 496 g/mol. The fourth-order valence-electron chi connectivity index (χ4n) is 6.39. The molecule has 0 aliphatic rings. The van der Waals surface area contributed by atoms with E-state index in [1.807, 2.05) is 24.3 Å². The van der Waals surface area contributed by atoms with E-state index in [0.717, 1.165) is 24.2 Å². The molecule has 4 aromatic carbocycles. The summed E-state index contributed by atoms with van der Waals surface area (Å²) < 4.78 is 0. The Labute approximate surface area is 249 Å². The standard InChI is InChI=1S/C39H50N2/c1-28-22-34(26-32-14-18-36(40)19-15-32)23-29(2)38(28)12-10-8-6-5-7-9-11-13-39-30(3)24-35(25-31(39)4)27-33-16-20-37(41)21-17-33/h14-25H,5-13,26-27,40-41H2,1-4H3. The van der Waals surface area contributed by atoms with Crippen molar-refractivity contribution in [1.29, 1.82) is 0 Å². The third-order valence-electron chi connectivity index (χ3n) is 8.64. The number of hydrogen-bond donors (Lipinski definition) is 2. The third kappa shape index (κ3) is 9.25. The SMILES string of the molecule is Cc1cc(Cc2ccc(N)cc2)cc(C)c1CCCCCCCCCc1c(C)cc(Cc2ccc(N)cc2)cc1C. The zero-order valence-corrected chi connectivity index (χ0v) is 25.9. The Kier molecular flexibility index (Phi) is 11.1. The van der Waals surface area contributed by atoms with Gasteiger partial charge in [0.05, 0.1) is 0 Å². The minimum atomic E-state index is 0.828. The molecule has 0 aliphatic heterocycles. The molecule has 0 amide bonds. The monoisotopic (exact) mass is 546 g/mol. The predicted molar refractivity (Wildman–Crippen MR) is 179 cm³/mol. The Bertz CT molecular complexity index is 1240. The second-order valence-corrected chi connectivity index (χ2v) is 12.2. The molecule has 0 saturated heterocycles. The summed E-state index contributed by atoms with van der Waals surface area (Å²) in [6, 6.07) is 26.1. The number of hydrogen-bond acceptors (Lipinski definition) is 2. The van der Waals surface area contributed by atoms with Crippen LogP contribution < -0.4 is 11.5 Å². The number of unbranched alkanes of at least 4 members (excludes halogenated alkanes) is 6. The van der Waals surface area contributed by atoms with Gasteiger partial charge in [-0.2, -0.15) is 0 Å². The molecule has 4 aromatic rings. The molecule has 216 valence electrons. The van der Waals surface area contributed by atoms with Crippen LogP contribution in [-0.2, 0) is 25.7 Å². The highest BCUT2D eigenvalue weighted by atomic mass is 14.5. The van der Waals surface area contributed by atoms with Crippen molar-refractivity contribution < 1.29 is 0 Å². The largest absolute Gasteiger partial charge is 0.399 e. The summed E-state index contributed by atoms with van der Waals surface area (Å²) >= 11 is 0. The van der Waals surface area contributed by atoms with Crippen molar-refractivity contribution in [1.82, 2.24) is 0 Å². The van der Waals surface area contributed by atoms with Crippen molar-refractivity contribution in [3.63, 3.8) is 0 Å². The van der Waals surface area contributed by atoms with Gasteiger partial charge in [-0.1, -0.05) is 80.6 Å². The summed E-state index contributed by atoms with van der Waals surface area (Å²) in [5, 5.41) is 0. The van der Waals surface area contributed by atoms with Gasteiger partial charge >= 0.3 is 0 Å². The first-order valence-electron chi connectivity index (χ1n) is 15.7. The average molecular weight is 547 g/mol. The highest BCUT2D eigenvalue weighted by molar-refractivity contribution is 5.44. The Morgan fingerprint density at radius 1 is 0.390 bits per heavy atom. The minimum Gasteiger partial charge on any atom is -0.399 e. The van der Waals surface area contributed by atoms with Gasteiger partial charge in [0.1, 0.15) is 0 Å². The molecular formula is C39H50N2. The van der Waals surface area contributed by atoms with Crippen LogP contribution in [0.4, 0.5) is 11.4 Å². The Morgan fingerprint density at radius 2 is 0.683 bits per heavy atom. The third-order valence-corrected chi connectivity index (χ3v) is 8.64. The number of nitrogen functional groups attached to an aromatic ring is 2. The molecule has 0 fully saturated rings. The van der Waals surface area contributed by atoms with Gasteiger partial charge in [-0.3, -0.25) is 0 Å². The summed E-state index contributed by atoms with van der Waals surface area (Å²) in [7, 11) is 0. The van der Waals surface area contributed by atoms with Crippen LogP contribution >= 0.6 is 0 Å². The molecule has 41 heavy (non-hydrogen) atoms. The van der Waals surface area contributed by atoms with E-state index in [2.05, 4.69) is 76.2 Å². The van der Waals surface area contributed by atoms with Gasteiger partial charge in [-0.05, 0) is 146 Å². The quantitative estimate of drug-likeness (QED) is 0.122. The first-order chi connectivity index (χ1) is 19.8. The molecule has 0 aromatic heterocycles. The first-order valence-corrected chi connectivity index (χ1v) is 15.7. The summed E-state index contributed by atoms with van der Waals surface area (Å²) in [6.07, 6.45) is 13.7. The van der Waals surface area contributed by atoms with Crippen molar-refractivity contribution in [2.75, 3.05) is 11.5 Å². The van der Waals surface area contributed by atoms with Gasteiger partial charge in [0.2, 0.25) is 0 Å². The molecule has 0 spiro atoms. The van der Waals surface area contributed by atoms with Crippen molar-refractivity contribution in [3.8, 4) is 0 Å². The molecule has 2 heteroatoms. The first kappa shape index (κ1) is 30.4. The molecule has 0 saturated carbocycles. The van der Waals surface area contributed by atoms with E-state index < -0.39 is 0 Å². The molecule has 0 radical (unpaired) electrons. The highest BCUT2D eigenvalue weighted by Crippen LogP contribution is 2.24. The smallest absolute Gasteiger partial charge is 0.0314 e. The number of benzene rings is 4. The number of aryl methyl sites for hydroxylation is 4. The Balaban J connectivity index is 1.12. The van der Waals surface area contributed by atoms with Crippen molar-refractivity contribution >= 4 is 11.4 Å². The van der Waals surface area contributed by atoms with E-state index in [1.54, 1.807) is 11.1 Å². The lowest BCUT2D eigenvalue weighted by Gasteiger charge is -2.14. The topological polar surface area (TPSA) is 52.0 Å². The Hall–Kier alpha value is -3.52. The van der Waals surface area contributed by atoms with Crippen LogP contribution in [0.5, 0.6) is 0 Å². The van der Waals surface area contributed by atoms with E-state index in [0.29, 0.717) is 0 Å². The maximum atomic E-state index is 5.84. The second-order valence-electron chi connectivity index (χ2n) is 12.2. The van der Waals surface area contributed by atoms with Crippen molar-refractivity contribution in [2.24, 2.45) is 0 Å². The van der Waals surface area contributed by atoms with Crippen LogP contribution in [0.3, 0.4) is 0 Å². The summed E-state index contributed by atoms with van der Waals surface area (Å²) in [5.41, 5.74) is 27.6. The fourth-order valence-corrected chi connectivity index (χ4v) is 6.39. The summed E-state index contributed by atoms with van der Waals surface area (Å²) in [4.78, 5) is 0. The number of rotatable bonds is 14. The van der Waals surface area contributed by atoms with Gasteiger partial charge in [0.25, 0.3) is 0 Å². The average Bonchev–Trinajstić information content (AvgIpc) is 2.93. The van der Waals surface area contributed by atoms with E-state index in [1.165, 1.54) is 102 Å². The van der Waals surface area contributed by atoms with Crippen molar-refractivity contribution in [2.45, 2.75) is 98.3 Å². The molecule has 4 rings (SSSR count). The van der Waals surface area contributed by atoms with Gasteiger partial charge in [0, 0.05) is 11.4 Å². The lowest BCUT2D eigenvalue weighted by molar-refractivity contribution is 0.578. The van der Waals surface area contributed by atoms with Crippen LogP contribution in [-0.4, -0.2) is 0 Å². The molecule has 0 heterocycles. The predicted octanol–water partition coefficient (Wildman–Crippen LogP) is 9.78. The zero-order chi connectivity index (χ0) is 29.2.